The number of hydrogen-bond donors (Lipinski definition) is 3. The summed E-state index contributed by atoms with van der Waals surface area (Å²) >= 11 is 0. The number of nitrogens with one attached hydrogen (secondary N) is 2. The minimum Gasteiger partial charge on any atom is -0.486 e. The van der Waals surface area contributed by atoms with Crippen LogP contribution in [0.2, 0.25) is 0 Å². The summed E-state index contributed by atoms with van der Waals surface area (Å²) < 4.78 is 7.22. The number of nitrogens with two attached hydrogens (primary N) is 1. The van der Waals surface area contributed by atoms with E-state index in [4.69, 9.17) is 10.6 Å². The van der Waals surface area contributed by atoms with E-state index >= 15 is 0 Å². The lowest BCUT2D eigenvalue weighted by Crippen LogP contribution is -2.17. The maximum absolute atomic E-state index is 6.28. The van der Waals surface area contributed by atoms with Gasteiger partial charge >= 0.3 is 0 Å². The zero-order valence-electron chi connectivity index (χ0n) is 17.0. The van der Waals surface area contributed by atoms with Crippen molar-refractivity contribution in [2.24, 2.45) is 0 Å². The van der Waals surface area contributed by atoms with Crippen LogP contribution in [0.4, 0.5) is 11.6 Å². The van der Waals surface area contributed by atoms with Crippen LogP contribution in [-0.4, -0.2) is 19.9 Å². The molecule has 0 radical (unpaired) electrons. The van der Waals surface area contributed by atoms with E-state index in [9.17, 15) is 0 Å². The third-order valence-corrected chi connectivity index (χ3v) is 5.16. The first-order valence-corrected chi connectivity index (χ1v) is 10.0. The summed E-state index contributed by atoms with van der Waals surface area (Å²) in [6, 6.07) is 26.1. The Morgan fingerprint density at radius 1 is 0.935 bits per heavy atom. The van der Waals surface area contributed by atoms with Gasteiger partial charge in [0.1, 0.15) is 12.4 Å². The van der Waals surface area contributed by atoms with Gasteiger partial charge in [-0.25, -0.2) is 4.68 Å². The molecule has 2 aromatic heterocycles. The Balaban J connectivity index is 1.44. The predicted molar refractivity (Wildman–Crippen MR) is 123 cm³/mol. The number of nitrogen functional groups attached to an aromatic ring is 1. The maximum atomic E-state index is 6.28. The number of nitrogens with zero attached hydrogens (tertiary/aromatic N) is 3. The second kappa shape index (κ2) is 7.87. The van der Waals surface area contributed by atoms with Crippen LogP contribution in [0.15, 0.2) is 78.9 Å². The second-order valence-corrected chi connectivity index (χ2v) is 7.32. The van der Waals surface area contributed by atoms with Crippen LogP contribution in [0.1, 0.15) is 11.4 Å². The van der Waals surface area contributed by atoms with Gasteiger partial charge in [0.05, 0.1) is 11.4 Å². The monoisotopic (exact) mass is 410 g/mol. The van der Waals surface area contributed by atoms with E-state index < -0.39 is 0 Å². The van der Waals surface area contributed by atoms with Gasteiger partial charge in [-0.05, 0) is 25.1 Å². The second-order valence-electron chi connectivity index (χ2n) is 7.32. The van der Waals surface area contributed by atoms with Crippen molar-refractivity contribution in [2.75, 3.05) is 11.2 Å². The Hall–Kier alpha value is -4.26. The first-order chi connectivity index (χ1) is 15.2. The SMILES string of the molecule is Cc1ccc(OCc2nnc(Nc3c(-c4ccccc4)[nH]c4ccccc34)n2N)cc1. The van der Waals surface area contributed by atoms with Crippen LogP contribution in [-0.2, 0) is 6.61 Å². The standard InChI is InChI=1S/C24H22N6O/c1-16-11-13-18(14-12-16)31-15-21-28-29-24(30(21)25)27-23-19-9-5-6-10-20(19)26-22(23)17-7-3-2-4-8-17/h2-14,26H,15,25H2,1H3,(H,27,29). The summed E-state index contributed by atoms with van der Waals surface area (Å²) in [6.45, 7) is 2.25. The van der Waals surface area contributed by atoms with Gasteiger partial charge in [0, 0.05) is 16.5 Å². The number of fused-ring (bicyclic) bond motifs is 1. The molecule has 3 aromatic carbocycles. The highest BCUT2D eigenvalue weighted by Gasteiger charge is 2.17. The molecule has 154 valence electrons. The minimum atomic E-state index is 0.216. The fourth-order valence-electron chi connectivity index (χ4n) is 3.49. The smallest absolute Gasteiger partial charge is 0.248 e. The molecule has 0 bridgehead atoms. The highest BCUT2D eigenvalue weighted by Crippen LogP contribution is 2.36. The third kappa shape index (κ3) is 3.69. The van der Waals surface area contributed by atoms with Crippen molar-refractivity contribution in [3.63, 3.8) is 0 Å². The molecule has 0 fully saturated rings. The van der Waals surface area contributed by atoms with Gasteiger partial charge in [-0.2, -0.15) is 0 Å². The number of hydrogen-bond acceptors (Lipinski definition) is 5. The number of anilines is 2. The molecule has 0 unspecified atom stereocenters. The van der Waals surface area contributed by atoms with E-state index in [0.717, 1.165) is 33.6 Å². The van der Waals surface area contributed by atoms with Gasteiger partial charge in [0.15, 0.2) is 5.82 Å². The molecule has 7 heteroatoms. The van der Waals surface area contributed by atoms with E-state index in [1.165, 1.54) is 10.2 Å². The number of ether oxygens (including phenoxy) is 1. The molecule has 0 spiro atoms. The summed E-state index contributed by atoms with van der Waals surface area (Å²) in [7, 11) is 0. The van der Waals surface area contributed by atoms with Crippen LogP contribution in [0, 0.1) is 6.92 Å². The summed E-state index contributed by atoms with van der Waals surface area (Å²) in [5, 5.41) is 12.9. The molecule has 5 rings (SSSR count). The molecule has 0 saturated heterocycles. The molecule has 7 nitrogen and oxygen atoms in total. The summed E-state index contributed by atoms with van der Waals surface area (Å²) in [6.07, 6.45) is 0. The lowest BCUT2D eigenvalue weighted by Gasteiger charge is -2.09. The Morgan fingerprint density at radius 3 is 2.48 bits per heavy atom. The first kappa shape index (κ1) is 18.7. The van der Waals surface area contributed by atoms with Gasteiger partial charge in [-0.15, -0.1) is 10.2 Å². The zero-order valence-corrected chi connectivity index (χ0v) is 17.0. The molecular formula is C24H22N6O. The van der Waals surface area contributed by atoms with E-state index in [2.05, 4.69) is 38.7 Å². The van der Waals surface area contributed by atoms with Gasteiger partial charge in [0.2, 0.25) is 5.95 Å². The van der Waals surface area contributed by atoms with Crippen LogP contribution in [0.5, 0.6) is 5.75 Å². The van der Waals surface area contributed by atoms with Gasteiger partial charge < -0.3 is 20.9 Å². The molecule has 31 heavy (non-hydrogen) atoms. The average molecular weight is 410 g/mol. The summed E-state index contributed by atoms with van der Waals surface area (Å²) in [5.74, 6) is 7.99. The van der Waals surface area contributed by atoms with Crippen molar-refractivity contribution in [3.05, 3.63) is 90.3 Å². The number of para-hydroxylation sites is 1. The third-order valence-electron chi connectivity index (χ3n) is 5.16. The van der Waals surface area contributed by atoms with Crippen LogP contribution >= 0.6 is 0 Å². The van der Waals surface area contributed by atoms with Crippen LogP contribution < -0.4 is 15.9 Å². The van der Waals surface area contributed by atoms with Crippen molar-refractivity contribution in [1.29, 1.82) is 0 Å². The molecule has 0 aliphatic heterocycles. The lowest BCUT2D eigenvalue weighted by atomic mass is 10.1. The fraction of sp³-hybridized carbons (Fsp3) is 0.0833. The van der Waals surface area contributed by atoms with E-state index in [1.807, 2.05) is 67.6 Å². The number of rotatable bonds is 6. The largest absolute Gasteiger partial charge is 0.486 e. The molecule has 0 aliphatic carbocycles. The number of benzene rings is 3. The van der Waals surface area contributed by atoms with E-state index in [1.54, 1.807) is 0 Å². The average Bonchev–Trinajstić information content (AvgIpc) is 3.35. The number of aromatic nitrogens is 4. The Kier molecular flexibility index (Phi) is 4.76. The van der Waals surface area contributed by atoms with Crippen molar-refractivity contribution < 1.29 is 4.74 Å². The lowest BCUT2D eigenvalue weighted by molar-refractivity contribution is 0.292. The molecule has 0 amide bonds. The highest BCUT2D eigenvalue weighted by atomic mass is 16.5. The van der Waals surface area contributed by atoms with Crippen LogP contribution in [0.3, 0.4) is 0 Å². The maximum Gasteiger partial charge on any atom is 0.248 e. The molecule has 0 aliphatic rings. The quantitative estimate of drug-likeness (QED) is 0.351. The Morgan fingerprint density at radius 2 is 1.68 bits per heavy atom. The number of aromatic amines is 1. The summed E-state index contributed by atoms with van der Waals surface area (Å²) in [5.41, 5.74) is 5.12. The van der Waals surface area contributed by atoms with Crippen molar-refractivity contribution in [1.82, 2.24) is 19.9 Å². The Labute approximate surface area is 179 Å². The van der Waals surface area contributed by atoms with Crippen molar-refractivity contribution in [3.8, 4) is 17.0 Å². The van der Waals surface area contributed by atoms with Crippen molar-refractivity contribution in [2.45, 2.75) is 13.5 Å². The van der Waals surface area contributed by atoms with E-state index in [0.29, 0.717) is 11.8 Å². The zero-order chi connectivity index (χ0) is 21.2. The van der Waals surface area contributed by atoms with Gasteiger partial charge in [-0.1, -0.05) is 66.2 Å². The number of H-pyrrole nitrogens is 1. The van der Waals surface area contributed by atoms with Crippen molar-refractivity contribution >= 4 is 22.5 Å². The van der Waals surface area contributed by atoms with Gasteiger partial charge in [-0.3, -0.25) is 0 Å². The molecular weight excluding hydrogens is 388 g/mol. The molecule has 0 atom stereocenters. The minimum absolute atomic E-state index is 0.216. The first-order valence-electron chi connectivity index (χ1n) is 10.0. The normalized spacial score (nSPS) is 11.0. The molecule has 0 saturated carbocycles. The predicted octanol–water partition coefficient (Wildman–Crippen LogP) is 4.77. The summed E-state index contributed by atoms with van der Waals surface area (Å²) in [4.78, 5) is 3.49. The van der Waals surface area contributed by atoms with Crippen LogP contribution in [0.25, 0.3) is 22.2 Å². The van der Waals surface area contributed by atoms with Gasteiger partial charge in [0.25, 0.3) is 0 Å². The topological polar surface area (TPSA) is 93.8 Å². The molecule has 4 N–H and O–H groups in total. The van der Waals surface area contributed by atoms with E-state index in [-0.39, 0.29) is 6.61 Å². The molecule has 2 heterocycles. The highest BCUT2D eigenvalue weighted by molar-refractivity contribution is 6.02. The molecule has 5 aromatic rings. The fourth-order valence-corrected chi connectivity index (χ4v) is 3.49. The number of aryl methyl sites for hydroxylation is 1. The Bertz CT molecular complexity index is 1320.